The molecule has 1 aromatic carbocycles. The molecule has 3 heteroatoms. The molecule has 24 heavy (non-hydrogen) atoms. The van der Waals surface area contributed by atoms with Gasteiger partial charge in [0.05, 0.1) is 15.1 Å². The molecule has 0 saturated carbocycles. The second kappa shape index (κ2) is 13.4. The molecule has 1 unspecified atom stereocenters. The fourth-order valence-electron chi connectivity index (χ4n) is 1.52. The average Bonchev–Trinajstić information content (AvgIpc) is 2.93. The predicted molar refractivity (Wildman–Crippen MR) is 98.2 cm³/mol. The van der Waals surface area contributed by atoms with Gasteiger partial charge < -0.3 is 14.2 Å². The van der Waals surface area contributed by atoms with Crippen LogP contribution in [0.4, 0.5) is 0 Å². The van der Waals surface area contributed by atoms with Crippen LogP contribution in [0, 0.1) is 0 Å². The zero-order valence-corrected chi connectivity index (χ0v) is 12.6. The number of hydrogen-bond acceptors (Lipinski definition) is 3. The summed E-state index contributed by atoms with van der Waals surface area (Å²) in [6.45, 7) is -12.9. The minimum absolute atomic E-state index is 0.0293. The van der Waals surface area contributed by atoms with Gasteiger partial charge in [-0.1, -0.05) is 43.0 Å². The summed E-state index contributed by atoms with van der Waals surface area (Å²) in [7, 11) is 0. The van der Waals surface area contributed by atoms with Crippen LogP contribution in [0.1, 0.15) is 97.3 Å². The van der Waals surface area contributed by atoms with Gasteiger partial charge in [-0.05, 0) is 56.7 Å². The lowest BCUT2D eigenvalue weighted by molar-refractivity contribution is -0.162. The van der Waals surface area contributed by atoms with Crippen molar-refractivity contribution in [1.82, 2.24) is 0 Å². The highest BCUT2D eigenvalue weighted by Crippen LogP contribution is 2.14. The lowest BCUT2D eigenvalue weighted by Crippen LogP contribution is -2.22. The Balaban J connectivity index is 2.59. The molecule has 0 spiro atoms. The van der Waals surface area contributed by atoms with Crippen LogP contribution in [0.2, 0.25) is 0 Å². The van der Waals surface area contributed by atoms with Gasteiger partial charge in [0.2, 0.25) is 0 Å². The highest BCUT2D eigenvalue weighted by Gasteiger charge is 2.13. The third-order valence-electron chi connectivity index (χ3n) is 2.52. The first kappa shape index (κ1) is 4.68. The SMILES string of the molecule is [2H]c1c([2H])c([2H])c(C([2H])([2H])C([2H])([2H])C([2H])([2H])C([2H])([2H])OC([2H])([2H])C([2H])([2H])C([2H])([2H])C([2H])([2H])C([2H])([2H])C([2H])([2H])OC2CCCCO2)c([2H])c1[2H]. The van der Waals surface area contributed by atoms with Crippen LogP contribution in [0.25, 0.3) is 0 Å². The number of ether oxygens (including phenoxy) is 3. The fraction of sp³-hybridized carbons (Fsp3) is 0.714. The molecular weight excluding hydrogens is 300 g/mol. The molecule has 1 atom stereocenters. The third kappa shape index (κ3) is 9.41. The Kier molecular flexibility index (Phi) is 2.61. The van der Waals surface area contributed by atoms with Crippen LogP contribution in [0.3, 0.4) is 0 Å². The Morgan fingerprint density at radius 3 is 2.46 bits per heavy atom. The van der Waals surface area contributed by atoms with Crippen molar-refractivity contribution in [2.24, 2.45) is 0 Å². The minimum atomic E-state index is -4.60. The summed E-state index contributed by atoms with van der Waals surface area (Å²) < 4.78 is 217. The summed E-state index contributed by atoms with van der Waals surface area (Å²) in [5, 5.41) is 0. The summed E-state index contributed by atoms with van der Waals surface area (Å²) in [5.74, 6) is 0. The molecule has 3 nitrogen and oxygen atoms in total. The second-order valence-corrected chi connectivity index (χ2v) is 4.20. The van der Waals surface area contributed by atoms with Crippen LogP contribution in [0.5, 0.6) is 0 Å². The van der Waals surface area contributed by atoms with Crippen molar-refractivity contribution in [3.05, 3.63) is 35.8 Å². The van der Waals surface area contributed by atoms with Crippen molar-refractivity contribution in [2.75, 3.05) is 26.3 Å². The first-order chi connectivity index (χ1) is 21.5. The summed E-state index contributed by atoms with van der Waals surface area (Å²) in [5.41, 5.74) is -1.47. The molecule has 1 fully saturated rings. The lowest BCUT2D eigenvalue weighted by atomic mass is 10.1. The number of hydrogen-bond donors (Lipinski definition) is 0. The third-order valence-corrected chi connectivity index (χ3v) is 2.52. The van der Waals surface area contributed by atoms with Gasteiger partial charge >= 0.3 is 0 Å². The molecule has 0 N–H and O–H groups in total. The van der Waals surface area contributed by atoms with E-state index in [1.807, 2.05) is 0 Å². The first-order valence-corrected chi connectivity index (χ1v) is 7.03. The van der Waals surface area contributed by atoms with Gasteiger partial charge in [0, 0.05) is 45.5 Å². The highest BCUT2D eigenvalue weighted by atomic mass is 16.7. The molecule has 0 radical (unpaired) electrons. The van der Waals surface area contributed by atoms with Crippen LogP contribution >= 0.6 is 0 Å². The van der Waals surface area contributed by atoms with Crippen molar-refractivity contribution < 1.29 is 48.5 Å². The Labute approximate surface area is 182 Å². The topological polar surface area (TPSA) is 27.7 Å². The van der Waals surface area contributed by atoms with Gasteiger partial charge in [0.1, 0.15) is 0 Å². The lowest BCUT2D eigenvalue weighted by Gasteiger charge is -2.22. The zero-order chi connectivity index (χ0) is 39.0. The largest absolute Gasteiger partial charge is 0.381 e. The Morgan fingerprint density at radius 2 is 1.71 bits per heavy atom. The molecule has 1 saturated heterocycles. The Bertz CT molecular complexity index is 1350. The van der Waals surface area contributed by atoms with E-state index < -0.39 is 106 Å². The summed E-state index contributed by atoms with van der Waals surface area (Å²) in [4.78, 5) is 0. The van der Waals surface area contributed by atoms with Gasteiger partial charge in [0.25, 0.3) is 0 Å². The van der Waals surface area contributed by atoms with E-state index in [1.54, 1.807) is 0 Å². The predicted octanol–water partition coefficient (Wildman–Crippen LogP) is 5.13. The van der Waals surface area contributed by atoms with Crippen LogP contribution in [-0.2, 0) is 20.6 Å². The van der Waals surface area contributed by atoms with Gasteiger partial charge in [-0.3, -0.25) is 0 Å². The van der Waals surface area contributed by atoms with Crippen LogP contribution < -0.4 is 0 Å². The average molecular weight is 360 g/mol. The van der Waals surface area contributed by atoms with Crippen molar-refractivity contribution in [3.8, 4) is 0 Å². The highest BCUT2D eigenvalue weighted by molar-refractivity contribution is 5.14. The molecule has 0 aliphatic carbocycles. The molecule has 1 aliphatic rings. The smallest absolute Gasteiger partial charge is 0.157 e. The summed E-state index contributed by atoms with van der Waals surface area (Å²) in [6, 6.07) is -6.05. The van der Waals surface area contributed by atoms with E-state index in [1.165, 1.54) is 0 Å². The summed E-state index contributed by atoms with van der Waals surface area (Å²) in [6.07, 6.45) is -31.1. The van der Waals surface area contributed by atoms with Crippen molar-refractivity contribution in [2.45, 2.75) is 70.2 Å². The number of rotatable bonds is 13. The molecule has 1 aromatic rings. The van der Waals surface area contributed by atoms with Gasteiger partial charge in [-0.25, -0.2) is 0 Å². The van der Waals surface area contributed by atoms with Gasteiger partial charge in [-0.2, -0.15) is 0 Å². The molecule has 0 aromatic heterocycles. The normalized spacial score (nSPS) is 39.2. The molecule has 0 amide bonds. The molecule has 1 heterocycles. The first-order valence-electron chi connectivity index (χ1n) is 19.5. The van der Waals surface area contributed by atoms with E-state index in [4.69, 9.17) is 43.7 Å². The fourth-order valence-corrected chi connectivity index (χ4v) is 1.52. The molecule has 1 aliphatic heterocycles. The molecular formula is C21H34O3. The monoisotopic (exact) mass is 359 g/mol. The number of benzene rings is 1. The quantitative estimate of drug-likeness (QED) is 0.488. The van der Waals surface area contributed by atoms with Crippen LogP contribution in [-0.4, -0.2) is 32.6 Å². The van der Waals surface area contributed by atoms with Crippen molar-refractivity contribution in [3.63, 3.8) is 0 Å². The second-order valence-electron chi connectivity index (χ2n) is 4.20. The van der Waals surface area contributed by atoms with E-state index >= 15 is 0 Å². The zero-order valence-electron chi connectivity index (χ0n) is 37.6. The molecule has 0 bridgehead atoms. The van der Waals surface area contributed by atoms with E-state index in [0.717, 1.165) is 0 Å². The van der Waals surface area contributed by atoms with Gasteiger partial charge in [0.15, 0.2) is 6.29 Å². The molecule has 2 rings (SSSR count). The van der Waals surface area contributed by atoms with Crippen molar-refractivity contribution in [1.29, 1.82) is 0 Å². The van der Waals surface area contributed by atoms with E-state index in [-0.39, 0.29) is 13.0 Å². The van der Waals surface area contributed by atoms with Gasteiger partial charge in [-0.15, -0.1) is 0 Å². The summed E-state index contributed by atoms with van der Waals surface area (Å²) >= 11 is 0. The minimum Gasteiger partial charge on any atom is -0.381 e. The van der Waals surface area contributed by atoms with E-state index in [9.17, 15) is 0 Å². The van der Waals surface area contributed by atoms with Crippen LogP contribution in [0.15, 0.2) is 30.2 Å². The maximum Gasteiger partial charge on any atom is 0.157 e. The molecule has 136 valence electrons. The Hall–Kier alpha value is -0.900. The maximum absolute atomic E-state index is 8.29. The van der Waals surface area contributed by atoms with Crippen molar-refractivity contribution >= 4 is 0 Å². The maximum atomic E-state index is 8.29. The van der Waals surface area contributed by atoms with E-state index in [2.05, 4.69) is 4.74 Å². The Morgan fingerprint density at radius 1 is 0.958 bits per heavy atom. The van der Waals surface area contributed by atoms with E-state index in [0.29, 0.717) is 12.8 Å². The standard InChI is InChI=1S/C21H34O3/c1(2-9-18-23-21-15-7-11-19-24-21)8-16-22-17-10-6-14-20-12-4-3-5-13-20/h3-5,12-13,21H,1-2,6-11,14-19H2/i1D2,2D2,3D,4D,5D,6D2,8D2,9D2,10D2,12D,13D,14D2,16D2,17D2,18D2.